The third kappa shape index (κ3) is 4.38. The lowest BCUT2D eigenvalue weighted by Crippen LogP contribution is -2.31. The van der Waals surface area contributed by atoms with Gasteiger partial charge in [-0.25, -0.2) is 17.2 Å². The predicted octanol–water partition coefficient (Wildman–Crippen LogP) is 3.38. The maximum Gasteiger partial charge on any atom is 0.261 e. The molecule has 1 aliphatic carbocycles. The molecule has 0 heterocycles. The maximum atomic E-state index is 13.0. The molecule has 0 saturated heterocycles. The molecule has 1 aromatic rings. The summed E-state index contributed by atoms with van der Waals surface area (Å²) in [4.78, 5) is 11.9. The molecule has 1 fully saturated rings. The molecule has 0 radical (unpaired) electrons. The molecule has 0 spiro atoms. The van der Waals surface area contributed by atoms with Crippen LogP contribution in [0.5, 0.6) is 0 Å². The highest BCUT2D eigenvalue weighted by molar-refractivity contribution is 8.13. The van der Waals surface area contributed by atoms with E-state index in [-0.39, 0.29) is 36.5 Å². The number of carbonyl (C=O) groups excluding carboxylic acids is 1. The average molecular weight is 338 g/mol. The number of alkyl halides is 2. The van der Waals surface area contributed by atoms with E-state index in [9.17, 15) is 22.0 Å². The Bertz CT molecular complexity index is 621. The maximum absolute atomic E-state index is 13.0. The zero-order chi connectivity index (χ0) is 15.7. The molecule has 1 aromatic carbocycles. The predicted molar refractivity (Wildman–Crippen MR) is 75.0 cm³/mol. The molecule has 4 nitrogen and oxygen atoms in total. The van der Waals surface area contributed by atoms with E-state index in [1.165, 1.54) is 24.3 Å². The molecule has 21 heavy (non-hydrogen) atoms. The SMILES string of the molecule is O=C(Nc1ccc(S(=O)(=O)Cl)cc1)C1CCC(F)(F)CC1. The van der Waals surface area contributed by atoms with Crippen LogP contribution in [-0.2, 0) is 13.8 Å². The first-order valence-corrected chi connectivity index (χ1v) is 8.72. The Hall–Kier alpha value is -1.21. The quantitative estimate of drug-likeness (QED) is 0.860. The zero-order valence-corrected chi connectivity index (χ0v) is 12.6. The van der Waals surface area contributed by atoms with Gasteiger partial charge in [0, 0.05) is 35.1 Å². The Labute approximate surface area is 125 Å². The lowest BCUT2D eigenvalue weighted by atomic mass is 9.86. The number of rotatable bonds is 3. The third-order valence-electron chi connectivity index (χ3n) is 3.49. The van der Waals surface area contributed by atoms with Crippen LogP contribution in [0.2, 0.25) is 0 Å². The highest BCUT2D eigenvalue weighted by Crippen LogP contribution is 2.36. The summed E-state index contributed by atoms with van der Waals surface area (Å²) in [7, 11) is 1.37. The van der Waals surface area contributed by atoms with Crippen molar-refractivity contribution in [2.24, 2.45) is 5.92 Å². The van der Waals surface area contributed by atoms with Crippen molar-refractivity contribution in [2.75, 3.05) is 5.32 Å². The molecule has 8 heteroatoms. The minimum absolute atomic E-state index is 0.0699. The van der Waals surface area contributed by atoms with E-state index in [0.717, 1.165) is 0 Å². The minimum atomic E-state index is -3.81. The number of carbonyl (C=O) groups is 1. The van der Waals surface area contributed by atoms with Crippen molar-refractivity contribution in [3.8, 4) is 0 Å². The summed E-state index contributed by atoms with van der Waals surface area (Å²) in [6.45, 7) is 0. The molecule has 0 atom stereocenters. The van der Waals surface area contributed by atoms with Crippen LogP contribution < -0.4 is 5.32 Å². The highest BCUT2D eigenvalue weighted by atomic mass is 35.7. The van der Waals surface area contributed by atoms with Crippen molar-refractivity contribution in [3.63, 3.8) is 0 Å². The molecule has 1 N–H and O–H groups in total. The fourth-order valence-corrected chi connectivity index (χ4v) is 3.02. The Balaban J connectivity index is 1.97. The lowest BCUT2D eigenvalue weighted by molar-refractivity contribution is -0.124. The first-order chi connectivity index (χ1) is 9.67. The standard InChI is InChI=1S/C13H14ClF2NO3S/c14-21(19,20)11-3-1-10(2-4-11)17-12(18)9-5-7-13(15,16)8-6-9/h1-4,9H,5-8H2,(H,17,18). The number of benzene rings is 1. The molecule has 1 saturated carbocycles. The molecule has 1 amide bonds. The van der Waals surface area contributed by atoms with E-state index in [1.54, 1.807) is 0 Å². The molecule has 116 valence electrons. The summed E-state index contributed by atoms with van der Waals surface area (Å²) < 4.78 is 48.2. The van der Waals surface area contributed by atoms with Crippen LogP contribution in [0.1, 0.15) is 25.7 Å². The smallest absolute Gasteiger partial charge is 0.261 e. The summed E-state index contributed by atoms with van der Waals surface area (Å²) in [5.74, 6) is -3.44. The second-order valence-electron chi connectivity index (χ2n) is 5.08. The third-order valence-corrected chi connectivity index (χ3v) is 4.86. The normalized spacial score (nSPS) is 19.2. The van der Waals surface area contributed by atoms with Crippen LogP contribution in [0.25, 0.3) is 0 Å². The fraction of sp³-hybridized carbons (Fsp3) is 0.462. The second kappa shape index (κ2) is 5.88. The van der Waals surface area contributed by atoms with Gasteiger partial charge in [-0.1, -0.05) is 0 Å². The molecule has 2 rings (SSSR count). The Morgan fingerprint density at radius 2 is 1.71 bits per heavy atom. The zero-order valence-electron chi connectivity index (χ0n) is 11.0. The summed E-state index contributed by atoms with van der Waals surface area (Å²) in [5, 5.41) is 2.60. The number of hydrogen-bond donors (Lipinski definition) is 1. The highest BCUT2D eigenvalue weighted by Gasteiger charge is 2.37. The molecule has 1 aliphatic rings. The molecule has 0 aliphatic heterocycles. The van der Waals surface area contributed by atoms with Gasteiger partial charge in [-0.15, -0.1) is 0 Å². The van der Waals surface area contributed by atoms with Gasteiger partial charge >= 0.3 is 0 Å². The molecular weight excluding hydrogens is 324 g/mol. The second-order valence-corrected chi connectivity index (χ2v) is 7.65. The minimum Gasteiger partial charge on any atom is -0.326 e. The van der Waals surface area contributed by atoms with Crippen molar-refractivity contribution in [1.29, 1.82) is 0 Å². The Morgan fingerprint density at radius 3 is 2.19 bits per heavy atom. The first kappa shape index (κ1) is 16.2. The van der Waals surface area contributed by atoms with Crippen LogP contribution in [-0.4, -0.2) is 20.2 Å². The largest absolute Gasteiger partial charge is 0.326 e. The van der Waals surface area contributed by atoms with Crippen molar-refractivity contribution in [1.82, 2.24) is 0 Å². The van der Waals surface area contributed by atoms with E-state index < -0.39 is 20.9 Å². The molecule has 0 unspecified atom stereocenters. The van der Waals surface area contributed by atoms with Gasteiger partial charge < -0.3 is 5.32 Å². The van der Waals surface area contributed by atoms with E-state index >= 15 is 0 Å². The van der Waals surface area contributed by atoms with Gasteiger partial charge in [-0.2, -0.15) is 0 Å². The lowest BCUT2D eigenvalue weighted by Gasteiger charge is -2.27. The first-order valence-electron chi connectivity index (χ1n) is 6.41. The van der Waals surface area contributed by atoms with Gasteiger partial charge in [0.2, 0.25) is 11.8 Å². The monoisotopic (exact) mass is 337 g/mol. The topological polar surface area (TPSA) is 63.2 Å². The van der Waals surface area contributed by atoms with Crippen molar-refractivity contribution < 1.29 is 22.0 Å². The fourth-order valence-electron chi connectivity index (χ4n) is 2.25. The number of nitrogens with one attached hydrogen (secondary N) is 1. The Kier molecular flexibility index (Phi) is 4.53. The molecular formula is C13H14ClF2NO3S. The van der Waals surface area contributed by atoms with Crippen molar-refractivity contribution >= 4 is 31.3 Å². The van der Waals surface area contributed by atoms with Gasteiger partial charge in [-0.3, -0.25) is 4.79 Å². The number of anilines is 1. The molecule has 0 bridgehead atoms. The van der Waals surface area contributed by atoms with Crippen LogP contribution in [0, 0.1) is 5.92 Å². The van der Waals surface area contributed by atoms with E-state index in [2.05, 4.69) is 5.32 Å². The van der Waals surface area contributed by atoms with Gasteiger partial charge in [0.05, 0.1) is 4.90 Å². The van der Waals surface area contributed by atoms with Crippen molar-refractivity contribution in [3.05, 3.63) is 24.3 Å². The van der Waals surface area contributed by atoms with E-state index in [1.807, 2.05) is 0 Å². The average Bonchev–Trinajstić information content (AvgIpc) is 2.38. The van der Waals surface area contributed by atoms with Crippen LogP contribution in [0.15, 0.2) is 29.2 Å². The Morgan fingerprint density at radius 1 is 1.19 bits per heavy atom. The van der Waals surface area contributed by atoms with Crippen molar-refractivity contribution in [2.45, 2.75) is 36.5 Å². The van der Waals surface area contributed by atoms with Crippen LogP contribution in [0.4, 0.5) is 14.5 Å². The van der Waals surface area contributed by atoms with E-state index in [4.69, 9.17) is 10.7 Å². The number of halogens is 3. The van der Waals surface area contributed by atoms with Gasteiger partial charge in [0.25, 0.3) is 9.05 Å². The summed E-state index contributed by atoms with van der Waals surface area (Å²) in [6.07, 6.45) is -0.275. The van der Waals surface area contributed by atoms with Crippen LogP contribution >= 0.6 is 10.7 Å². The molecule has 0 aromatic heterocycles. The number of amides is 1. The van der Waals surface area contributed by atoms with Gasteiger partial charge in [-0.05, 0) is 37.1 Å². The summed E-state index contributed by atoms with van der Waals surface area (Å²) in [6, 6.07) is 5.36. The number of hydrogen-bond acceptors (Lipinski definition) is 3. The van der Waals surface area contributed by atoms with E-state index in [0.29, 0.717) is 5.69 Å². The summed E-state index contributed by atoms with van der Waals surface area (Å²) in [5.41, 5.74) is 0.404. The van der Waals surface area contributed by atoms with Crippen LogP contribution in [0.3, 0.4) is 0 Å². The van der Waals surface area contributed by atoms with Gasteiger partial charge in [0.15, 0.2) is 0 Å². The summed E-state index contributed by atoms with van der Waals surface area (Å²) >= 11 is 0. The van der Waals surface area contributed by atoms with Gasteiger partial charge in [0.1, 0.15) is 0 Å².